The highest BCUT2D eigenvalue weighted by molar-refractivity contribution is 7.09. The summed E-state index contributed by atoms with van der Waals surface area (Å²) in [5.41, 5.74) is 1.88. The van der Waals surface area contributed by atoms with E-state index in [2.05, 4.69) is 9.97 Å². The Kier molecular flexibility index (Phi) is 3.93. The molecular formula is C16H14N2O3S. The number of hydrogen-bond acceptors (Lipinski definition) is 5. The van der Waals surface area contributed by atoms with Crippen LogP contribution in [0.25, 0.3) is 0 Å². The number of benzene rings is 1. The van der Waals surface area contributed by atoms with E-state index >= 15 is 0 Å². The number of H-pyrrole nitrogens is 1. The molecule has 0 saturated carbocycles. The first-order valence-corrected chi connectivity index (χ1v) is 7.53. The number of rotatable bonds is 4. The first-order valence-electron chi connectivity index (χ1n) is 6.71. The maximum Gasteiger partial charge on any atom is 0.307 e. The van der Waals surface area contributed by atoms with Gasteiger partial charge in [-0.05, 0) is 30.7 Å². The van der Waals surface area contributed by atoms with Crippen LogP contribution in [-0.4, -0.2) is 15.1 Å². The summed E-state index contributed by atoms with van der Waals surface area (Å²) in [4.78, 5) is 18.2. The Morgan fingerprint density at radius 1 is 1.23 bits per heavy atom. The minimum Gasteiger partial charge on any atom is -0.494 e. The van der Waals surface area contributed by atoms with E-state index in [4.69, 9.17) is 4.74 Å². The van der Waals surface area contributed by atoms with Crippen LogP contribution in [0.3, 0.4) is 0 Å². The topological polar surface area (TPSA) is 75.2 Å². The fourth-order valence-corrected chi connectivity index (χ4v) is 2.79. The molecular weight excluding hydrogens is 300 g/mol. The lowest BCUT2D eigenvalue weighted by atomic mass is 10.1. The Bertz CT molecular complexity index is 837. The van der Waals surface area contributed by atoms with Crippen LogP contribution in [0.1, 0.15) is 16.1 Å². The van der Waals surface area contributed by atoms with Crippen molar-refractivity contribution in [1.29, 1.82) is 0 Å². The molecule has 22 heavy (non-hydrogen) atoms. The summed E-state index contributed by atoms with van der Waals surface area (Å²) in [6.07, 6.45) is 0.498. The number of hydrogen-bond donors (Lipinski definition) is 2. The summed E-state index contributed by atoms with van der Waals surface area (Å²) in [7, 11) is 0. The lowest BCUT2D eigenvalue weighted by molar-refractivity contribution is 0.451. The molecule has 0 amide bonds. The lowest BCUT2D eigenvalue weighted by Gasteiger charge is -2.06. The van der Waals surface area contributed by atoms with Gasteiger partial charge in [-0.2, -0.15) is 0 Å². The van der Waals surface area contributed by atoms with Gasteiger partial charge in [-0.1, -0.05) is 29.5 Å². The van der Waals surface area contributed by atoms with Crippen molar-refractivity contribution in [3.8, 4) is 17.5 Å². The third kappa shape index (κ3) is 3.35. The first kappa shape index (κ1) is 14.3. The molecule has 112 valence electrons. The number of ether oxygens (including phenoxy) is 1. The van der Waals surface area contributed by atoms with Crippen molar-refractivity contribution in [2.24, 2.45) is 0 Å². The molecule has 0 aliphatic rings. The molecule has 0 radical (unpaired) electrons. The first-order chi connectivity index (χ1) is 10.6. The molecule has 2 heterocycles. The fraction of sp³-hybridized carbons (Fsp3) is 0.125. The van der Waals surface area contributed by atoms with Crippen LogP contribution in [0, 0.1) is 6.92 Å². The molecule has 3 aromatic rings. The Morgan fingerprint density at radius 2 is 2.00 bits per heavy atom. The number of aromatic hydroxyl groups is 1. The number of nitrogens with zero attached hydrogens (tertiary/aromatic N) is 1. The molecule has 0 saturated heterocycles. The molecule has 6 heteroatoms. The van der Waals surface area contributed by atoms with E-state index in [9.17, 15) is 9.90 Å². The van der Waals surface area contributed by atoms with Crippen molar-refractivity contribution >= 4 is 11.3 Å². The molecule has 0 spiro atoms. The molecule has 0 atom stereocenters. The summed E-state index contributed by atoms with van der Waals surface area (Å²) in [6, 6.07) is 13.1. The van der Waals surface area contributed by atoms with Crippen molar-refractivity contribution in [3.63, 3.8) is 0 Å². The summed E-state index contributed by atoms with van der Waals surface area (Å²) in [5.74, 6) is 1.18. The third-order valence-corrected chi connectivity index (χ3v) is 3.95. The fourth-order valence-electron chi connectivity index (χ4n) is 2.03. The number of aryl methyl sites for hydroxylation is 1. The van der Waals surface area contributed by atoms with Crippen LogP contribution >= 0.6 is 11.3 Å². The quantitative estimate of drug-likeness (QED) is 0.775. The van der Waals surface area contributed by atoms with Gasteiger partial charge in [0, 0.05) is 18.2 Å². The molecule has 2 N–H and O–H groups in total. The Morgan fingerprint density at radius 3 is 2.64 bits per heavy atom. The second kappa shape index (κ2) is 6.03. The van der Waals surface area contributed by atoms with Crippen molar-refractivity contribution in [1.82, 2.24) is 9.97 Å². The highest BCUT2D eigenvalue weighted by atomic mass is 32.1. The zero-order valence-electron chi connectivity index (χ0n) is 11.9. The average Bonchev–Trinajstić information content (AvgIpc) is 2.79. The maximum atomic E-state index is 11.2. The predicted molar refractivity (Wildman–Crippen MR) is 84.9 cm³/mol. The number of aromatic nitrogens is 2. The minimum atomic E-state index is -0.252. The summed E-state index contributed by atoms with van der Waals surface area (Å²) >= 11 is 1.02. The SMILES string of the molecule is Cc1cccc(Oc2ccc(Cc3sc(=O)[nH]c3O)cc2)n1. The largest absolute Gasteiger partial charge is 0.494 e. The number of nitrogens with one attached hydrogen (secondary N) is 1. The molecule has 0 unspecified atom stereocenters. The highest BCUT2D eigenvalue weighted by Gasteiger charge is 2.08. The van der Waals surface area contributed by atoms with E-state index in [-0.39, 0.29) is 10.8 Å². The molecule has 3 rings (SSSR count). The monoisotopic (exact) mass is 314 g/mol. The molecule has 0 aliphatic carbocycles. The van der Waals surface area contributed by atoms with Crippen LogP contribution < -0.4 is 9.61 Å². The molecule has 1 aromatic carbocycles. The van der Waals surface area contributed by atoms with Crippen molar-refractivity contribution in [2.75, 3.05) is 0 Å². The number of thiazole rings is 1. The van der Waals surface area contributed by atoms with Gasteiger partial charge in [-0.3, -0.25) is 9.78 Å². The van der Waals surface area contributed by atoms with Gasteiger partial charge in [-0.15, -0.1) is 0 Å². The van der Waals surface area contributed by atoms with Crippen molar-refractivity contribution < 1.29 is 9.84 Å². The van der Waals surface area contributed by atoms with Crippen LogP contribution in [0.4, 0.5) is 0 Å². The summed E-state index contributed by atoms with van der Waals surface area (Å²) in [6.45, 7) is 1.91. The van der Waals surface area contributed by atoms with E-state index < -0.39 is 0 Å². The van der Waals surface area contributed by atoms with Crippen LogP contribution in [0.2, 0.25) is 0 Å². The number of aromatic amines is 1. The lowest BCUT2D eigenvalue weighted by Crippen LogP contribution is -1.90. The molecule has 5 nitrogen and oxygen atoms in total. The molecule has 2 aromatic heterocycles. The molecule has 0 aliphatic heterocycles. The van der Waals surface area contributed by atoms with E-state index in [0.717, 1.165) is 22.6 Å². The minimum absolute atomic E-state index is 0.0562. The van der Waals surface area contributed by atoms with E-state index in [1.54, 1.807) is 6.07 Å². The Hall–Kier alpha value is -2.60. The van der Waals surface area contributed by atoms with E-state index in [0.29, 0.717) is 22.9 Å². The smallest absolute Gasteiger partial charge is 0.307 e. The molecule has 0 fully saturated rings. The van der Waals surface area contributed by atoms with Gasteiger partial charge in [0.05, 0.1) is 4.88 Å². The van der Waals surface area contributed by atoms with Gasteiger partial charge >= 0.3 is 4.87 Å². The van der Waals surface area contributed by atoms with Gasteiger partial charge in [-0.25, -0.2) is 4.98 Å². The van der Waals surface area contributed by atoms with Crippen LogP contribution in [0.5, 0.6) is 17.5 Å². The zero-order chi connectivity index (χ0) is 15.5. The second-order valence-electron chi connectivity index (χ2n) is 4.83. The van der Waals surface area contributed by atoms with Gasteiger partial charge in [0.15, 0.2) is 0 Å². The van der Waals surface area contributed by atoms with Crippen molar-refractivity contribution in [3.05, 3.63) is 68.3 Å². The summed E-state index contributed by atoms with van der Waals surface area (Å²) in [5, 5.41) is 9.59. The Labute approximate surface area is 130 Å². The third-order valence-electron chi connectivity index (χ3n) is 3.07. The molecule has 0 bridgehead atoms. The summed E-state index contributed by atoms with van der Waals surface area (Å²) < 4.78 is 5.68. The average molecular weight is 314 g/mol. The second-order valence-corrected chi connectivity index (χ2v) is 5.89. The maximum absolute atomic E-state index is 11.2. The van der Waals surface area contributed by atoms with Gasteiger partial charge in [0.25, 0.3) is 0 Å². The van der Waals surface area contributed by atoms with Crippen LogP contribution in [0.15, 0.2) is 47.3 Å². The van der Waals surface area contributed by atoms with E-state index in [1.165, 1.54) is 0 Å². The standard InChI is InChI=1S/C16H14N2O3S/c1-10-3-2-4-14(17-10)21-12-7-5-11(6-8-12)9-13-15(19)18-16(20)22-13/h2-8,19H,9H2,1H3,(H,18,20). The normalized spacial score (nSPS) is 10.6. The predicted octanol–water partition coefficient (Wildman–Crippen LogP) is 3.23. The van der Waals surface area contributed by atoms with Crippen LogP contribution in [-0.2, 0) is 6.42 Å². The zero-order valence-corrected chi connectivity index (χ0v) is 12.7. The Balaban J connectivity index is 1.72. The highest BCUT2D eigenvalue weighted by Crippen LogP contribution is 2.23. The van der Waals surface area contributed by atoms with E-state index in [1.807, 2.05) is 43.3 Å². The number of pyridine rings is 1. The van der Waals surface area contributed by atoms with Gasteiger partial charge in [0.2, 0.25) is 11.8 Å². The van der Waals surface area contributed by atoms with Gasteiger partial charge < -0.3 is 9.84 Å². The van der Waals surface area contributed by atoms with Crippen molar-refractivity contribution in [2.45, 2.75) is 13.3 Å². The van der Waals surface area contributed by atoms with Gasteiger partial charge in [0.1, 0.15) is 5.75 Å².